The second-order valence-corrected chi connectivity index (χ2v) is 8.53. The minimum absolute atomic E-state index is 0.00658. The second-order valence-electron chi connectivity index (χ2n) is 6.78. The molecule has 24 heavy (non-hydrogen) atoms. The highest BCUT2D eigenvalue weighted by Crippen LogP contribution is 2.23. The number of rotatable bonds is 6. The average molecular weight is 353 g/mol. The first-order valence-corrected chi connectivity index (χ1v) is 10.3. The highest BCUT2D eigenvalue weighted by atomic mass is 32.2. The van der Waals surface area contributed by atoms with Crippen molar-refractivity contribution in [1.82, 2.24) is 5.32 Å². The zero-order valence-electron chi connectivity index (χ0n) is 14.5. The molecule has 1 aliphatic rings. The predicted octanol–water partition coefficient (Wildman–Crippen LogP) is 2.55. The lowest BCUT2D eigenvalue weighted by Gasteiger charge is -2.28. The van der Waals surface area contributed by atoms with E-state index in [1.54, 1.807) is 24.3 Å². The molecule has 0 radical (unpaired) electrons. The van der Waals surface area contributed by atoms with Gasteiger partial charge in [-0.2, -0.15) is 0 Å². The van der Waals surface area contributed by atoms with Crippen molar-refractivity contribution in [2.24, 2.45) is 5.92 Å². The number of benzene rings is 1. The summed E-state index contributed by atoms with van der Waals surface area (Å²) in [6.07, 6.45) is 5.54. The molecule has 1 saturated carbocycles. The third kappa shape index (κ3) is 6.03. The molecule has 0 aromatic heterocycles. The first kappa shape index (κ1) is 18.6. The Labute approximate surface area is 144 Å². The van der Waals surface area contributed by atoms with Crippen LogP contribution >= 0.6 is 0 Å². The molecule has 1 atom stereocenters. The van der Waals surface area contributed by atoms with Gasteiger partial charge in [0.2, 0.25) is 15.9 Å². The van der Waals surface area contributed by atoms with Gasteiger partial charge in [0.15, 0.2) is 0 Å². The highest BCUT2D eigenvalue weighted by molar-refractivity contribution is 7.92. The number of carbonyl (C=O) groups is 1. The molecule has 1 aromatic rings. The number of anilines is 2. The Morgan fingerprint density at radius 2 is 1.62 bits per heavy atom. The van der Waals surface area contributed by atoms with Gasteiger partial charge in [-0.1, -0.05) is 6.92 Å². The Morgan fingerprint density at radius 3 is 2.17 bits per heavy atom. The quantitative estimate of drug-likeness (QED) is 0.733. The molecule has 1 unspecified atom stereocenters. The summed E-state index contributed by atoms with van der Waals surface area (Å²) in [6.45, 7) is 4.08. The number of hydrogen-bond acceptors (Lipinski definition) is 4. The van der Waals surface area contributed by atoms with Crippen LogP contribution in [0.1, 0.15) is 39.5 Å². The molecule has 0 aliphatic heterocycles. The van der Waals surface area contributed by atoms with Gasteiger partial charge in [-0.25, -0.2) is 8.42 Å². The maximum absolute atomic E-state index is 12.3. The third-order valence-electron chi connectivity index (χ3n) is 4.33. The maximum Gasteiger partial charge on any atom is 0.242 e. The normalized spacial score (nSPS) is 22.5. The summed E-state index contributed by atoms with van der Waals surface area (Å²) >= 11 is 0. The molecule has 0 heterocycles. The lowest BCUT2D eigenvalue weighted by molar-refractivity contribution is -0.122. The second kappa shape index (κ2) is 7.88. The summed E-state index contributed by atoms with van der Waals surface area (Å²) in [7, 11) is -3.28. The summed E-state index contributed by atoms with van der Waals surface area (Å²) in [6, 6.07) is 6.75. The van der Waals surface area contributed by atoms with Crippen molar-refractivity contribution >= 4 is 27.3 Å². The van der Waals surface area contributed by atoms with Crippen LogP contribution in [-0.4, -0.2) is 32.7 Å². The Bertz CT molecular complexity index is 650. The minimum Gasteiger partial charge on any atom is -0.374 e. The Hall–Kier alpha value is -1.76. The smallest absolute Gasteiger partial charge is 0.242 e. The number of carbonyl (C=O) groups excluding carboxylic acids is 1. The number of hydrogen-bond donors (Lipinski definition) is 3. The molecular formula is C17H27N3O3S. The van der Waals surface area contributed by atoms with E-state index >= 15 is 0 Å². The van der Waals surface area contributed by atoms with Crippen molar-refractivity contribution < 1.29 is 13.2 Å². The first-order chi connectivity index (χ1) is 11.2. The summed E-state index contributed by atoms with van der Waals surface area (Å²) in [5, 5.41) is 6.25. The van der Waals surface area contributed by atoms with E-state index in [2.05, 4.69) is 22.3 Å². The van der Waals surface area contributed by atoms with Crippen molar-refractivity contribution in [3.63, 3.8) is 0 Å². The van der Waals surface area contributed by atoms with Gasteiger partial charge >= 0.3 is 0 Å². The van der Waals surface area contributed by atoms with E-state index in [4.69, 9.17) is 0 Å². The van der Waals surface area contributed by atoms with Crippen molar-refractivity contribution in [2.45, 2.75) is 51.6 Å². The summed E-state index contributed by atoms with van der Waals surface area (Å²) < 4.78 is 24.8. The largest absolute Gasteiger partial charge is 0.374 e. The number of nitrogens with one attached hydrogen (secondary N) is 3. The molecule has 1 fully saturated rings. The Morgan fingerprint density at radius 1 is 1.08 bits per heavy atom. The zero-order valence-corrected chi connectivity index (χ0v) is 15.3. The summed E-state index contributed by atoms with van der Waals surface area (Å²) in [5.41, 5.74) is 1.27. The van der Waals surface area contributed by atoms with E-state index in [1.165, 1.54) is 12.8 Å². The molecule has 1 aliphatic carbocycles. The lowest BCUT2D eigenvalue weighted by Crippen LogP contribution is -2.44. The molecular weight excluding hydrogens is 326 g/mol. The van der Waals surface area contributed by atoms with Gasteiger partial charge in [0.05, 0.1) is 6.26 Å². The molecule has 134 valence electrons. The molecule has 3 N–H and O–H groups in total. The van der Waals surface area contributed by atoms with E-state index in [9.17, 15) is 13.2 Å². The lowest BCUT2D eigenvalue weighted by atomic mass is 9.87. The topological polar surface area (TPSA) is 87.3 Å². The van der Waals surface area contributed by atoms with Crippen LogP contribution in [0.3, 0.4) is 0 Å². The van der Waals surface area contributed by atoms with Gasteiger partial charge in [-0.3, -0.25) is 9.52 Å². The number of amides is 1. The van der Waals surface area contributed by atoms with Gasteiger partial charge < -0.3 is 10.6 Å². The van der Waals surface area contributed by atoms with E-state index in [0.717, 1.165) is 30.7 Å². The molecule has 2 rings (SSSR count). The molecule has 0 spiro atoms. The molecule has 1 amide bonds. The van der Waals surface area contributed by atoms with Gasteiger partial charge in [-0.15, -0.1) is 0 Å². The van der Waals surface area contributed by atoms with E-state index < -0.39 is 10.0 Å². The third-order valence-corrected chi connectivity index (χ3v) is 4.93. The van der Waals surface area contributed by atoms with Crippen LogP contribution in [0, 0.1) is 5.92 Å². The van der Waals surface area contributed by atoms with Crippen LogP contribution in [-0.2, 0) is 14.8 Å². The fourth-order valence-electron chi connectivity index (χ4n) is 2.89. The van der Waals surface area contributed by atoms with Gasteiger partial charge in [0.25, 0.3) is 0 Å². The van der Waals surface area contributed by atoms with Crippen molar-refractivity contribution in [3.8, 4) is 0 Å². The first-order valence-electron chi connectivity index (χ1n) is 8.37. The van der Waals surface area contributed by atoms with Crippen molar-refractivity contribution in [3.05, 3.63) is 24.3 Å². The van der Waals surface area contributed by atoms with Crippen LogP contribution in [0.4, 0.5) is 11.4 Å². The van der Waals surface area contributed by atoms with E-state index in [1.807, 2.05) is 6.92 Å². The van der Waals surface area contributed by atoms with Crippen LogP contribution in [0.2, 0.25) is 0 Å². The monoisotopic (exact) mass is 353 g/mol. The van der Waals surface area contributed by atoms with Crippen LogP contribution in [0.25, 0.3) is 0 Å². The van der Waals surface area contributed by atoms with Crippen molar-refractivity contribution in [2.75, 3.05) is 16.3 Å². The van der Waals surface area contributed by atoms with Crippen LogP contribution in [0.15, 0.2) is 24.3 Å². The van der Waals surface area contributed by atoms with Gasteiger partial charge in [0.1, 0.15) is 6.04 Å². The standard InChI is InChI=1S/C17H27N3O3S/c1-12-4-6-15(7-5-12)19-17(21)13(2)18-14-8-10-16(11-9-14)20-24(3,22)23/h8-13,15,18,20H,4-7H2,1-3H3,(H,19,21). The molecule has 6 nitrogen and oxygen atoms in total. The number of sulfonamides is 1. The van der Waals surface area contributed by atoms with E-state index in [-0.39, 0.29) is 18.0 Å². The summed E-state index contributed by atoms with van der Waals surface area (Å²) in [4.78, 5) is 12.3. The Balaban J connectivity index is 1.84. The fourth-order valence-corrected chi connectivity index (χ4v) is 3.46. The SMILES string of the molecule is CC1CCC(NC(=O)C(C)Nc2ccc(NS(C)(=O)=O)cc2)CC1. The molecule has 7 heteroatoms. The van der Waals surface area contributed by atoms with Crippen molar-refractivity contribution in [1.29, 1.82) is 0 Å². The average Bonchev–Trinajstić information content (AvgIpc) is 2.50. The van der Waals surface area contributed by atoms with Crippen LogP contribution < -0.4 is 15.4 Å². The zero-order chi connectivity index (χ0) is 17.7. The molecule has 0 bridgehead atoms. The minimum atomic E-state index is -3.28. The summed E-state index contributed by atoms with van der Waals surface area (Å²) in [5.74, 6) is 0.751. The van der Waals surface area contributed by atoms with Crippen LogP contribution in [0.5, 0.6) is 0 Å². The van der Waals surface area contributed by atoms with Gasteiger partial charge in [0, 0.05) is 17.4 Å². The molecule has 1 aromatic carbocycles. The highest BCUT2D eigenvalue weighted by Gasteiger charge is 2.22. The van der Waals surface area contributed by atoms with E-state index in [0.29, 0.717) is 5.69 Å². The molecule has 0 saturated heterocycles. The predicted molar refractivity (Wildman–Crippen MR) is 97.6 cm³/mol. The van der Waals surface area contributed by atoms with Gasteiger partial charge in [-0.05, 0) is 62.8 Å². The maximum atomic E-state index is 12.3. The fraction of sp³-hybridized carbons (Fsp3) is 0.588. The Kier molecular flexibility index (Phi) is 6.10.